The van der Waals surface area contributed by atoms with Crippen molar-refractivity contribution in [2.45, 2.75) is 0 Å². The van der Waals surface area contributed by atoms with Gasteiger partial charge in [-0.15, -0.1) is 0 Å². The van der Waals surface area contributed by atoms with Crippen LogP contribution >= 0.6 is 0 Å². The highest BCUT2D eigenvalue weighted by molar-refractivity contribution is 6.19. The Bertz CT molecular complexity index is 2410. The fraction of sp³-hybridized carbons (Fsp3) is 0. The number of aromatic nitrogens is 3. The van der Waals surface area contributed by atoms with Crippen molar-refractivity contribution in [1.82, 2.24) is 14.0 Å². The van der Waals surface area contributed by atoms with Crippen LogP contribution in [-0.2, 0) is 0 Å². The van der Waals surface area contributed by atoms with Gasteiger partial charge < -0.3 is 4.40 Å². The van der Waals surface area contributed by atoms with E-state index >= 15 is 0 Å². The third kappa shape index (κ3) is 3.09. The number of fused-ring (bicyclic) bond motifs is 9. The van der Waals surface area contributed by atoms with Gasteiger partial charge in [0.15, 0.2) is 0 Å². The van der Waals surface area contributed by atoms with Gasteiger partial charge in [0, 0.05) is 27.7 Å². The van der Waals surface area contributed by atoms with E-state index in [1.54, 1.807) is 0 Å². The fourth-order valence-electron chi connectivity index (χ4n) is 6.31. The summed E-state index contributed by atoms with van der Waals surface area (Å²) in [6, 6.07) is 38.6. The molecule has 0 aliphatic heterocycles. The molecule has 0 spiro atoms. The van der Waals surface area contributed by atoms with Crippen LogP contribution in [0.2, 0.25) is 0 Å². The summed E-state index contributed by atoms with van der Waals surface area (Å²) in [6.07, 6.45) is 5.87. The Kier molecular flexibility index (Phi) is 4.82. The Labute approximate surface area is 230 Å². The Hall–Kier alpha value is -5.41. The number of benzene rings is 4. The van der Waals surface area contributed by atoms with Crippen molar-refractivity contribution in [2.75, 3.05) is 0 Å². The normalized spacial score (nSPS) is 12.3. The molecule has 0 amide bonds. The average molecular weight is 512 g/mol. The molecule has 8 rings (SSSR count). The molecule has 3 heteroatoms. The zero-order valence-corrected chi connectivity index (χ0v) is 21.9. The molecular weight excluding hydrogens is 486 g/mol. The number of hydrogen-bond donors (Lipinski definition) is 0. The van der Waals surface area contributed by atoms with Gasteiger partial charge in [0.2, 0.25) is 0 Å². The molecule has 0 fully saturated rings. The quantitative estimate of drug-likeness (QED) is 0.237. The zero-order valence-electron chi connectivity index (χ0n) is 21.9. The number of allylic oxidation sites excluding steroid dienone is 1. The summed E-state index contributed by atoms with van der Waals surface area (Å²) >= 11 is 0. The van der Waals surface area contributed by atoms with E-state index in [1.165, 1.54) is 21.7 Å². The SMILES string of the molecule is C=C/C=c1\c(=C)c2cc3ccccc3n2c2ccc3c4ccccc4n(-c4cc(-c5ccccc5)ccn4)c3c12. The second-order valence-corrected chi connectivity index (χ2v) is 10.2. The zero-order chi connectivity index (χ0) is 26.8. The van der Waals surface area contributed by atoms with Crippen LogP contribution in [0, 0.1) is 0 Å². The highest BCUT2D eigenvalue weighted by Crippen LogP contribution is 2.36. The van der Waals surface area contributed by atoms with E-state index in [1.807, 2.05) is 18.3 Å². The Morgan fingerprint density at radius 1 is 0.650 bits per heavy atom. The smallest absolute Gasteiger partial charge is 0.138 e. The lowest BCUT2D eigenvalue weighted by Gasteiger charge is -2.13. The fourth-order valence-corrected chi connectivity index (χ4v) is 6.31. The minimum Gasteiger partial charge on any atom is -0.309 e. The molecule has 4 aromatic heterocycles. The van der Waals surface area contributed by atoms with Gasteiger partial charge in [0.1, 0.15) is 5.82 Å². The molecule has 0 bridgehead atoms. The maximum Gasteiger partial charge on any atom is 0.138 e. The first-order chi connectivity index (χ1) is 19.7. The predicted molar refractivity (Wildman–Crippen MR) is 169 cm³/mol. The summed E-state index contributed by atoms with van der Waals surface area (Å²) in [6.45, 7) is 8.67. The van der Waals surface area contributed by atoms with Crippen LogP contribution in [-0.4, -0.2) is 14.0 Å². The molecule has 188 valence electrons. The van der Waals surface area contributed by atoms with E-state index in [0.29, 0.717) is 0 Å². The van der Waals surface area contributed by atoms with Gasteiger partial charge in [-0.05, 0) is 58.0 Å². The minimum atomic E-state index is 0.882. The minimum absolute atomic E-state index is 0.882. The molecular formula is C37H25N3. The van der Waals surface area contributed by atoms with Crippen LogP contribution in [0.5, 0.6) is 0 Å². The van der Waals surface area contributed by atoms with Crippen molar-refractivity contribution >= 4 is 61.8 Å². The second kappa shape index (κ2) is 8.55. The Morgan fingerprint density at radius 3 is 2.27 bits per heavy atom. The summed E-state index contributed by atoms with van der Waals surface area (Å²) in [7, 11) is 0. The maximum absolute atomic E-state index is 4.92. The van der Waals surface area contributed by atoms with E-state index in [9.17, 15) is 0 Å². The van der Waals surface area contributed by atoms with Crippen molar-refractivity contribution in [3.05, 3.63) is 138 Å². The number of rotatable bonds is 3. The monoisotopic (exact) mass is 511 g/mol. The summed E-state index contributed by atoms with van der Waals surface area (Å²) in [5.74, 6) is 0.882. The van der Waals surface area contributed by atoms with Crippen LogP contribution in [0.4, 0.5) is 0 Å². The molecule has 8 aromatic rings. The molecule has 4 aromatic carbocycles. The second-order valence-electron chi connectivity index (χ2n) is 10.2. The van der Waals surface area contributed by atoms with Gasteiger partial charge in [-0.1, -0.05) is 98.1 Å². The molecule has 0 aliphatic carbocycles. The van der Waals surface area contributed by atoms with Crippen molar-refractivity contribution in [3.8, 4) is 16.9 Å². The Balaban J connectivity index is 1.62. The van der Waals surface area contributed by atoms with E-state index < -0.39 is 0 Å². The first-order valence-electron chi connectivity index (χ1n) is 13.5. The number of pyridine rings is 2. The third-order valence-electron chi connectivity index (χ3n) is 8.04. The molecule has 0 unspecified atom stereocenters. The molecule has 0 saturated heterocycles. The van der Waals surface area contributed by atoms with E-state index in [-0.39, 0.29) is 0 Å². The number of hydrogen-bond acceptors (Lipinski definition) is 1. The van der Waals surface area contributed by atoms with Crippen LogP contribution in [0.15, 0.2) is 128 Å². The van der Waals surface area contributed by atoms with Gasteiger partial charge in [-0.2, -0.15) is 0 Å². The molecule has 40 heavy (non-hydrogen) atoms. The van der Waals surface area contributed by atoms with Crippen LogP contribution < -0.4 is 10.4 Å². The van der Waals surface area contributed by atoms with Gasteiger partial charge in [0.25, 0.3) is 0 Å². The van der Waals surface area contributed by atoms with Gasteiger partial charge in [-0.25, -0.2) is 4.98 Å². The number of para-hydroxylation sites is 2. The maximum atomic E-state index is 4.92. The predicted octanol–water partition coefficient (Wildman–Crippen LogP) is 7.78. The molecule has 4 heterocycles. The van der Waals surface area contributed by atoms with Crippen molar-refractivity contribution in [3.63, 3.8) is 0 Å². The molecule has 0 N–H and O–H groups in total. The lowest BCUT2D eigenvalue weighted by molar-refractivity contribution is 1.08. The summed E-state index contributed by atoms with van der Waals surface area (Å²) in [4.78, 5) is 4.92. The lowest BCUT2D eigenvalue weighted by atomic mass is 10.0. The highest BCUT2D eigenvalue weighted by atomic mass is 15.1. The largest absolute Gasteiger partial charge is 0.309 e. The van der Waals surface area contributed by atoms with Crippen molar-refractivity contribution < 1.29 is 0 Å². The number of nitrogens with zero attached hydrogens (tertiary/aromatic N) is 3. The van der Waals surface area contributed by atoms with E-state index in [0.717, 1.165) is 54.8 Å². The molecule has 3 nitrogen and oxygen atoms in total. The van der Waals surface area contributed by atoms with Crippen molar-refractivity contribution in [2.24, 2.45) is 0 Å². The molecule has 0 saturated carbocycles. The molecule has 0 aliphatic rings. The van der Waals surface area contributed by atoms with Gasteiger partial charge >= 0.3 is 0 Å². The summed E-state index contributed by atoms with van der Waals surface area (Å²) < 4.78 is 4.67. The van der Waals surface area contributed by atoms with E-state index in [4.69, 9.17) is 4.98 Å². The third-order valence-corrected chi connectivity index (χ3v) is 8.04. The first kappa shape index (κ1) is 22.6. The van der Waals surface area contributed by atoms with Crippen LogP contribution in [0.1, 0.15) is 0 Å². The Morgan fingerprint density at radius 2 is 1.43 bits per heavy atom. The summed E-state index contributed by atoms with van der Waals surface area (Å²) in [5.41, 5.74) is 7.94. The molecule has 0 atom stereocenters. The standard InChI is InChI=1S/C37H25N3/c1-3-11-28-24(2)34-22-27-14-7-9-16-31(27)39(34)33-19-18-30-29-15-8-10-17-32(29)40(37(30)36(28)33)35-23-26(20-21-38-35)25-12-5-4-6-13-25/h3-23H,1-2H2/b28-11+. The molecule has 0 radical (unpaired) electrons. The topological polar surface area (TPSA) is 22.2 Å². The average Bonchev–Trinajstić information content (AvgIpc) is 3.56. The van der Waals surface area contributed by atoms with Gasteiger partial charge in [0.05, 0.1) is 27.6 Å². The van der Waals surface area contributed by atoms with Gasteiger partial charge in [-0.3, -0.25) is 4.57 Å². The van der Waals surface area contributed by atoms with E-state index in [2.05, 4.69) is 131 Å². The summed E-state index contributed by atoms with van der Waals surface area (Å²) in [5, 5.41) is 6.78. The van der Waals surface area contributed by atoms with Crippen LogP contribution in [0.3, 0.4) is 0 Å². The van der Waals surface area contributed by atoms with Crippen LogP contribution in [0.25, 0.3) is 78.7 Å². The first-order valence-corrected chi connectivity index (χ1v) is 13.5. The highest BCUT2D eigenvalue weighted by Gasteiger charge is 2.19. The van der Waals surface area contributed by atoms with Crippen molar-refractivity contribution in [1.29, 1.82) is 0 Å². The lowest BCUT2D eigenvalue weighted by Crippen LogP contribution is -2.27.